The number of anilines is 1. The maximum atomic E-state index is 5.96. The molecule has 1 N–H and O–H groups in total. The van der Waals surface area contributed by atoms with Gasteiger partial charge in [0.15, 0.2) is 0 Å². The molecule has 90 valence electrons. The van der Waals surface area contributed by atoms with Gasteiger partial charge in [-0.25, -0.2) is 4.98 Å². The fourth-order valence-electron chi connectivity index (χ4n) is 1.62. The highest BCUT2D eigenvalue weighted by Crippen LogP contribution is 2.26. The minimum atomic E-state index is 0.493. The lowest BCUT2D eigenvalue weighted by molar-refractivity contribution is 0.808. The zero-order valence-electron chi connectivity index (χ0n) is 9.14. The van der Waals surface area contributed by atoms with E-state index in [2.05, 4.69) is 15.5 Å². The van der Waals surface area contributed by atoms with Gasteiger partial charge in [0.25, 0.3) is 0 Å². The number of aromatic nitrogens is 3. The van der Waals surface area contributed by atoms with Crippen molar-refractivity contribution in [2.45, 2.75) is 0 Å². The Kier molecular flexibility index (Phi) is 2.81. The van der Waals surface area contributed by atoms with Gasteiger partial charge in [-0.05, 0) is 24.3 Å². The molecule has 0 amide bonds. The molecule has 0 bridgehead atoms. The first-order valence-corrected chi connectivity index (χ1v) is 6.00. The molecule has 0 radical (unpaired) electrons. The molecule has 3 rings (SSSR count). The van der Waals surface area contributed by atoms with Crippen molar-refractivity contribution in [2.24, 2.45) is 0 Å². The van der Waals surface area contributed by atoms with E-state index in [4.69, 9.17) is 23.2 Å². The van der Waals surface area contributed by atoms with Crippen LogP contribution in [-0.4, -0.2) is 14.9 Å². The summed E-state index contributed by atoms with van der Waals surface area (Å²) in [5.41, 5.74) is 3.81. The summed E-state index contributed by atoms with van der Waals surface area (Å²) in [5, 5.41) is 6.25. The first-order valence-electron chi connectivity index (χ1n) is 5.25. The summed E-state index contributed by atoms with van der Waals surface area (Å²) in [6.07, 6.45) is 3.53. The number of benzene rings is 1. The van der Waals surface area contributed by atoms with Crippen LogP contribution in [0.25, 0.3) is 10.9 Å². The van der Waals surface area contributed by atoms with E-state index in [1.54, 1.807) is 23.1 Å². The average molecular weight is 279 g/mol. The first kappa shape index (κ1) is 11.3. The van der Waals surface area contributed by atoms with Crippen LogP contribution in [0.1, 0.15) is 0 Å². The number of hydrogen-bond acceptors (Lipinski definition) is 3. The third-order valence-corrected chi connectivity index (χ3v) is 3.16. The SMILES string of the molecule is Clc1cc2cn(Nc3ccccn3)nc2cc1Cl. The predicted octanol–water partition coefficient (Wildman–Crippen LogP) is 3.61. The second-order valence-electron chi connectivity index (χ2n) is 3.73. The van der Waals surface area contributed by atoms with Gasteiger partial charge in [0.2, 0.25) is 0 Å². The van der Waals surface area contributed by atoms with Crippen LogP contribution in [-0.2, 0) is 0 Å². The standard InChI is InChI=1S/C12H8Cl2N4/c13-9-5-8-7-18(16-11(8)6-10(9)14)17-12-3-1-2-4-15-12/h1-7H,(H,15,17). The van der Waals surface area contributed by atoms with Gasteiger partial charge in [0.05, 0.1) is 21.8 Å². The normalized spacial score (nSPS) is 10.8. The summed E-state index contributed by atoms with van der Waals surface area (Å²) in [7, 11) is 0. The highest BCUT2D eigenvalue weighted by atomic mass is 35.5. The van der Waals surface area contributed by atoms with E-state index in [0.717, 1.165) is 10.9 Å². The Bertz CT molecular complexity index is 655. The smallest absolute Gasteiger partial charge is 0.146 e. The highest BCUT2D eigenvalue weighted by Gasteiger charge is 2.05. The Hall–Kier alpha value is -1.78. The van der Waals surface area contributed by atoms with Gasteiger partial charge in [-0.2, -0.15) is 9.89 Å². The van der Waals surface area contributed by atoms with Crippen LogP contribution in [0.3, 0.4) is 0 Å². The number of fused-ring (bicyclic) bond motifs is 1. The Morgan fingerprint density at radius 2 is 1.94 bits per heavy atom. The van der Waals surface area contributed by atoms with Crippen molar-refractivity contribution < 1.29 is 0 Å². The van der Waals surface area contributed by atoms with Gasteiger partial charge in [-0.1, -0.05) is 29.3 Å². The fraction of sp³-hybridized carbons (Fsp3) is 0. The third-order valence-electron chi connectivity index (χ3n) is 2.44. The van der Waals surface area contributed by atoms with E-state index in [0.29, 0.717) is 15.9 Å². The molecule has 0 aliphatic heterocycles. The molecule has 4 nitrogen and oxygen atoms in total. The molecule has 0 unspecified atom stereocenters. The van der Waals surface area contributed by atoms with Crippen LogP contribution < -0.4 is 5.43 Å². The number of pyridine rings is 1. The van der Waals surface area contributed by atoms with Crippen LogP contribution in [0.5, 0.6) is 0 Å². The number of nitrogens with zero attached hydrogens (tertiary/aromatic N) is 3. The largest absolute Gasteiger partial charge is 0.261 e. The van der Waals surface area contributed by atoms with Crippen LogP contribution in [0.4, 0.5) is 5.82 Å². The summed E-state index contributed by atoms with van der Waals surface area (Å²) in [6.45, 7) is 0. The molecule has 0 spiro atoms. The average Bonchev–Trinajstić information content (AvgIpc) is 2.72. The number of rotatable bonds is 2. The van der Waals surface area contributed by atoms with Gasteiger partial charge in [0, 0.05) is 11.6 Å². The Morgan fingerprint density at radius 1 is 1.11 bits per heavy atom. The van der Waals surface area contributed by atoms with E-state index < -0.39 is 0 Å². The van der Waals surface area contributed by atoms with E-state index in [1.165, 1.54) is 0 Å². The van der Waals surface area contributed by atoms with Crippen molar-refractivity contribution in [1.82, 2.24) is 14.9 Å². The lowest BCUT2D eigenvalue weighted by Gasteiger charge is -2.02. The molecule has 6 heteroatoms. The van der Waals surface area contributed by atoms with Gasteiger partial charge in [0.1, 0.15) is 5.82 Å². The van der Waals surface area contributed by atoms with Gasteiger partial charge >= 0.3 is 0 Å². The second-order valence-corrected chi connectivity index (χ2v) is 4.54. The Balaban J connectivity index is 1.99. The molecular weight excluding hydrogens is 271 g/mol. The summed E-state index contributed by atoms with van der Waals surface area (Å²) in [5.74, 6) is 0.711. The molecule has 3 aromatic rings. The zero-order valence-corrected chi connectivity index (χ0v) is 10.7. The Morgan fingerprint density at radius 3 is 2.72 bits per heavy atom. The molecular formula is C12H8Cl2N4. The van der Waals surface area contributed by atoms with Crippen LogP contribution in [0, 0.1) is 0 Å². The highest BCUT2D eigenvalue weighted by molar-refractivity contribution is 6.42. The summed E-state index contributed by atoms with van der Waals surface area (Å²) in [4.78, 5) is 5.74. The third kappa shape index (κ3) is 2.12. The number of hydrogen-bond donors (Lipinski definition) is 1. The van der Waals surface area contributed by atoms with Gasteiger partial charge in [-0.3, -0.25) is 5.43 Å². The molecule has 0 atom stereocenters. The molecule has 18 heavy (non-hydrogen) atoms. The maximum Gasteiger partial charge on any atom is 0.146 e. The van der Waals surface area contributed by atoms with Crippen LogP contribution in [0.15, 0.2) is 42.7 Å². The zero-order chi connectivity index (χ0) is 12.5. The van der Waals surface area contributed by atoms with E-state index >= 15 is 0 Å². The summed E-state index contributed by atoms with van der Waals surface area (Å²) >= 11 is 11.9. The number of nitrogens with one attached hydrogen (secondary N) is 1. The molecule has 0 aliphatic carbocycles. The topological polar surface area (TPSA) is 42.7 Å². The first-order chi connectivity index (χ1) is 8.72. The molecule has 0 saturated carbocycles. The van der Waals surface area contributed by atoms with Gasteiger partial charge < -0.3 is 0 Å². The molecule has 0 fully saturated rings. The van der Waals surface area contributed by atoms with Gasteiger partial charge in [-0.15, -0.1) is 0 Å². The van der Waals surface area contributed by atoms with Crippen molar-refractivity contribution >= 4 is 39.9 Å². The quantitative estimate of drug-likeness (QED) is 0.779. The minimum absolute atomic E-state index is 0.493. The summed E-state index contributed by atoms with van der Waals surface area (Å²) < 4.78 is 0. The molecule has 2 heterocycles. The van der Waals surface area contributed by atoms with E-state index in [1.807, 2.05) is 24.4 Å². The van der Waals surface area contributed by atoms with Crippen LogP contribution in [0.2, 0.25) is 10.0 Å². The van der Waals surface area contributed by atoms with Crippen LogP contribution >= 0.6 is 23.2 Å². The van der Waals surface area contributed by atoms with E-state index in [-0.39, 0.29) is 0 Å². The lowest BCUT2D eigenvalue weighted by atomic mass is 10.3. The van der Waals surface area contributed by atoms with Crippen molar-refractivity contribution in [3.05, 3.63) is 52.8 Å². The maximum absolute atomic E-state index is 5.96. The van der Waals surface area contributed by atoms with Crippen molar-refractivity contribution in [1.29, 1.82) is 0 Å². The fourth-order valence-corrected chi connectivity index (χ4v) is 1.95. The van der Waals surface area contributed by atoms with Crippen molar-refractivity contribution in [3.8, 4) is 0 Å². The molecule has 1 aromatic carbocycles. The molecule has 0 saturated heterocycles. The second kappa shape index (κ2) is 4.48. The lowest BCUT2D eigenvalue weighted by Crippen LogP contribution is -2.09. The minimum Gasteiger partial charge on any atom is -0.261 e. The predicted molar refractivity (Wildman–Crippen MR) is 73.0 cm³/mol. The van der Waals surface area contributed by atoms with Crippen molar-refractivity contribution in [3.63, 3.8) is 0 Å². The summed E-state index contributed by atoms with van der Waals surface area (Å²) in [6, 6.07) is 9.11. The molecule has 2 aromatic heterocycles. The monoisotopic (exact) mass is 278 g/mol. The molecule has 0 aliphatic rings. The van der Waals surface area contributed by atoms with Crippen molar-refractivity contribution in [2.75, 3.05) is 5.43 Å². The Labute approximate surface area is 113 Å². The van der Waals surface area contributed by atoms with E-state index in [9.17, 15) is 0 Å². The number of halogens is 2.